The first-order valence-electron chi connectivity index (χ1n) is 5.22. The van der Waals surface area contributed by atoms with Crippen molar-refractivity contribution >= 4 is 11.6 Å². The second-order valence-electron chi connectivity index (χ2n) is 3.49. The minimum Gasteiger partial charge on any atom is -0.372 e. The fraction of sp³-hybridized carbons (Fsp3) is 0.500. The number of rotatable bonds is 5. The highest BCUT2D eigenvalue weighted by Gasteiger charge is 2.11. The molecule has 1 rings (SSSR count). The van der Waals surface area contributed by atoms with Crippen LogP contribution in [0, 0.1) is 0 Å². The molecule has 0 aliphatic heterocycles. The van der Waals surface area contributed by atoms with Crippen molar-refractivity contribution in [1.29, 1.82) is 0 Å². The van der Waals surface area contributed by atoms with E-state index < -0.39 is 6.04 Å². The fourth-order valence-corrected chi connectivity index (χ4v) is 1.17. The molecule has 0 fully saturated rings. The highest BCUT2D eigenvalue weighted by atomic mass is 16.2. The molecule has 0 radical (unpaired) electrons. The summed E-state index contributed by atoms with van der Waals surface area (Å²) in [6.45, 7) is 4.36. The van der Waals surface area contributed by atoms with E-state index in [-0.39, 0.29) is 11.5 Å². The van der Waals surface area contributed by atoms with Gasteiger partial charge in [-0.05, 0) is 13.3 Å². The van der Waals surface area contributed by atoms with Gasteiger partial charge in [0.05, 0.1) is 11.9 Å². The summed E-state index contributed by atoms with van der Waals surface area (Å²) >= 11 is 0. The molecule has 88 valence electrons. The molecular weight excluding hydrogens is 208 g/mol. The zero-order valence-electron chi connectivity index (χ0n) is 9.41. The Kier molecular flexibility index (Phi) is 4.50. The van der Waals surface area contributed by atoms with Crippen molar-refractivity contribution < 1.29 is 4.79 Å². The lowest BCUT2D eigenvalue weighted by atomic mass is 10.3. The summed E-state index contributed by atoms with van der Waals surface area (Å²) in [6, 6.07) is 0.964. The number of hydrogen-bond acceptors (Lipinski definition) is 4. The van der Waals surface area contributed by atoms with Crippen LogP contribution in [0.15, 0.2) is 17.1 Å². The first-order chi connectivity index (χ1) is 7.63. The molecule has 16 heavy (non-hydrogen) atoms. The van der Waals surface area contributed by atoms with Crippen molar-refractivity contribution in [3.8, 4) is 0 Å². The number of carbonyl (C=O) groups excluding carboxylic acids is 1. The van der Waals surface area contributed by atoms with E-state index in [1.165, 1.54) is 12.3 Å². The summed E-state index contributed by atoms with van der Waals surface area (Å²) in [5.41, 5.74) is 0.231. The Labute approximate surface area is 93.5 Å². The van der Waals surface area contributed by atoms with Gasteiger partial charge in [-0.25, -0.2) is 5.10 Å². The van der Waals surface area contributed by atoms with Gasteiger partial charge in [0.15, 0.2) is 0 Å². The molecule has 0 saturated carbocycles. The van der Waals surface area contributed by atoms with E-state index in [9.17, 15) is 9.59 Å². The molecule has 3 N–H and O–H groups in total. The Hall–Kier alpha value is -1.85. The lowest BCUT2D eigenvalue weighted by Gasteiger charge is -2.14. The van der Waals surface area contributed by atoms with E-state index in [0.29, 0.717) is 12.2 Å². The van der Waals surface area contributed by atoms with Gasteiger partial charge in [-0.2, -0.15) is 5.10 Å². The van der Waals surface area contributed by atoms with Crippen LogP contribution in [-0.2, 0) is 4.79 Å². The number of amides is 1. The monoisotopic (exact) mass is 224 g/mol. The van der Waals surface area contributed by atoms with E-state index in [1.54, 1.807) is 6.92 Å². The van der Waals surface area contributed by atoms with Crippen LogP contribution in [0.2, 0.25) is 0 Å². The van der Waals surface area contributed by atoms with Crippen LogP contribution in [0.5, 0.6) is 0 Å². The maximum atomic E-state index is 11.5. The van der Waals surface area contributed by atoms with Crippen molar-refractivity contribution in [1.82, 2.24) is 15.5 Å². The van der Waals surface area contributed by atoms with Crippen LogP contribution < -0.4 is 16.2 Å². The maximum Gasteiger partial charge on any atom is 0.266 e. The number of nitrogens with zero attached hydrogens (tertiary/aromatic N) is 1. The van der Waals surface area contributed by atoms with E-state index in [2.05, 4.69) is 20.8 Å². The predicted octanol–water partition coefficient (Wildman–Crippen LogP) is 0.0965. The molecule has 0 bridgehead atoms. The van der Waals surface area contributed by atoms with Gasteiger partial charge in [-0.1, -0.05) is 6.92 Å². The van der Waals surface area contributed by atoms with E-state index >= 15 is 0 Å². The summed E-state index contributed by atoms with van der Waals surface area (Å²) in [4.78, 5) is 22.5. The Morgan fingerprint density at radius 3 is 3.00 bits per heavy atom. The molecule has 1 aromatic heterocycles. The van der Waals surface area contributed by atoms with Gasteiger partial charge >= 0.3 is 0 Å². The van der Waals surface area contributed by atoms with Gasteiger partial charge in [0.1, 0.15) is 6.04 Å². The molecule has 0 aliphatic rings. The smallest absolute Gasteiger partial charge is 0.266 e. The van der Waals surface area contributed by atoms with Crippen molar-refractivity contribution in [3.05, 3.63) is 22.6 Å². The molecule has 1 aromatic rings. The van der Waals surface area contributed by atoms with Crippen molar-refractivity contribution in [2.24, 2.45) is 0 Å². The van der Waals surface area contributed by atoms with Gasteiger partial charge in [0.25, 0.3) is 5.56 Å². The van der Waals surface area contributed by atoms with Crippen LogP contribution in [0.4, 0.5) is 5.69 Å². The minimum atomic E-state index is -0.393. The summed E-state index contributed by atoms with van der Waals surface area (Å²) in [6.07, 6.45) is 2.36. The van der Waals surface area contributed by atoms with Crippen LogP contribution in [0.25, 0.3) is 0 Å². The van der Waals surface area contributed by atoms with Crippen molar-refractivity contribution in [2.45, 2.75) is 26.3 Å². The van der Waals surface area contributed by atoms with Crippen LogP contribution >= 0.6 is 0 Å². The zero-order valence-corrected chi connectivity index (χ0v) is 9.41. The van der Waals surface area contributed by atoms with Gasteiger partial charge in [-0.15, -0.1) is 0 Å². The quantitative estimate of drug-likeness (QED) is 0.662. The summed E-state index contributed by atoms with van der Waals surface area (Å²) in [5, 5.41) is 11.5. The number of H-pyrrole nitrogens is 1. The minimum absolute atomic E-state index is 0.0952. The molecular formula is C10H16N4O2. The highest BCUT2D eigenvalue weighted by Crippen LogP contribution is 2.01. The molecule has 1 heterocycles. The average molecular weight is 224 g/mol. The van der Waals surface area contributed by atoms with Crippen molar-refractivity contribution in [2.75, 3.05) is 11.9 Å². The number of aromatic amines is 1. The molecule has 1 atom stereocenters. The zero-order chi connectivity index (χ0) is 12.0. The molecule has 0 spiro atoms. The topological polar surface area (TPSA) is 86.9 Å². The van der Waals surface area contributed by atoms with E-state index in [1.807, 2.05) is 6.92 Å². The lowest BCUT2D eigenvalue weighted by Crippen LogP contribution is -2.38. The van der Waals surface area contributed by atoms with Crippen LogP contribution in [0.1, 0.15) is 20.3 Å². The fourth-order valence-electron chi connectivity index (χ4n) is 1.17. The summed E-state index contributed by atoms with van der Waals surface area (Å²) < 4.78 is 0. The van der Waals surface area contributed by atoms with Gasteiger partial charge in [0.2, 0.25) is 5.91 Å². The molecule has 1 unspecified atom stereocenters. The van der Waals surface area contributed by atoms with Crippen LogP contribution in [-0.4, -0.2) is 28.7 Å². The Morgan fingerprint density at radius 1 is 1.62 bits per heavy atom. The SMILES string of the molecule is CCCNC(=O)C(C)Nc1cn[nH]c(=O)c1. The molecule has 0 aromatic carbocycles. The molecule has 6 heteroatoms. The third-order valence-corrected chi connectivity index (χ3v) is 1.99. The third-order valence-electron chi connectivity index (χ3n) is 1.99. The number of hydrogen-bond donors (Lipinski definition) is 3. The van der Waals surface area contributed by atoms with Crippen molar-refractivity contribution in [3.63, 3.8) is 0 Å². The molecule has 6 nitrogen and oxygen atoms in total. The Morgan fingerprint density at radius 2 is 2.38 bits per heavy atom. The number of carbonyl (C=O) groups is 1. The predicted molar refractivity (Wildman–Crippen MR) is 61.2 cm³/mol. The molecule has 0 aliphatic carbocycles. The largest absolute Gasteiger partial charge is 0.372 e. The second-order valence-corrected chi connectivity index (χ2v) is 3.49. The summed E-state index contributed by atoms with van der Waals surface area (Å²) in [7, 11) is 0. The van der Waals surface area contributed by atoms with Gasteiger partial charge in [-0.3, -0.25) is 9.59 Å². The normalized spacial score (nSPS) is 11.9. The lowest BCUT2D eigenvalue weighted by molar-refractivity contribution is -0.121. The third kappa shape index (κ3) is 3.72. The Balaban J connectivity index is 2.53. The second kappa shape index (κ2) is 5.89. The van der Waals surface area contributed by atoms with Crippen LogP contribution in [0.3, 0.4) is 0 Å². The number of anilines is 1. The van der Waals surface area contributed by atoms with Gasteiger partial charge in [0, 0.05) is 12.6 Å². The van der Waals surface area contributed by atoms with Gasteiger partial charge < -0.3 is 10.6 Å². The molecule has 1 amide bonds. The summed E-state index contributed by atoms with van der Waals surface area (Å²) in [5.74, 6) is -0.0952. The number of aromatic nitrogens is 2. The highest BCUT2D eigenvalue weighted by molar-refractivity contribution is 5.83. The Bertz CT molecular complexity index is 402. The number of nitrogens with one attached hydrogen (secondary N) is 3. The first kappa shape index (κ1) is 12.2. The maximum absolute atomic E-state index is 11.5. The average Bonchev–Trinajstić information content (AvgIpc) is 2.25. The standard InChI is InChI=1S/C10H16N4O2/c1-3-4-11-10(16)7(2)13-8-5-9(15)14-12-6-8/h5-7H,3-4H2,1-2H3,(H,11,16)(H2,13,14,15). The van der Waals surface area contributed by atoms with E-state index in [0.717, 1.165) is 6.42 Å². The van der Waals surface area contributed by atoms with E-state index in [4.69, 9.17) is 0 Å². The molecule has 0 saturated heterocycles. The first-order valence-corrected chi connectivity index (χ1v) is 5.22.